The number of benzene rings is 1. The van der Waals surface area contributed by atoms with Gasteiger partial charge in [-0.05, 0) is 17.7 Å². The third-order valence-electron chi connectivity index (χ3n) is 3.37. The van der Waals surface area contributed by atoms with Crippen molar-refractivity contribution in [2.24, 2.45) is 0 Å². The van der Waals surface area contributed by atoms with Crippen LogP contribution in [0.2, 0.25) is 0 Å². The van der Waals surface area contributed by atoms with Gasteiger partial charge >= 0.3 is 0 Å². The lowest BCUT2D eigenvalue weighted by molar-refractivity contribution is 0.542. The highest BCUT2D eigenvalue weighted by molar-refractivity contribution is 7.80. The first-order valence-corrected chi connectivity index (χ1v) is 6.73. The summed E-state index contributed by atoms with van der Waals surface area (Å²) < 4.78 is 5.44. The van der Waals surface area contributed by atoms with Gasteiger partial charge < -0.3 is 9.73 Å². The highest BCUT2D eigenvalue weighted by atomic mass is 32.1. The first-order chi connectivity index (χ1) is 9.79. The van der Waals surface area contributed by atoms with Crippen LogP contribution in [0.25, 0.3) is 5.57 Å². The third kappa shape index (κ3) is 2.24. The molecule has 3 rings (SSSR count). The van der Waals surface area contributed by atoms with Crippen LogP contribution >= 0.6 is 12.2 Å². The van der Waals surface area contributed by atoms with Crippen molar-refractivity contribution >= 4 is 22.8 Å². The molecular formula is C16H12N2OS. The van der Waals surface area contributed by atoms with Gasteiger partial charge in [-0.2, -0.15) is 5.26 Å². The Morgan fingerprint density at radius 1 is 1.20 bits per heavy atom. The standard InChI is InChI=1S/C16H12N2OS/c17-10-13-12(15-7-4-8-19-15)9-14(18-16(13)20)11-5-2-1-3-6-11/h1-8,14H,9H2,(H,18,20). The van der Waals surface area contributed by atoms with E-state index < -0.39 is 0 Å². The fourth-order valence-corrected chi connectivity index (χ4v) is 2.71. The zero-order valence-corrected chi connectivity index (χ0v) is 11.5. The fraction of sp³-hybridized carbons (Fsp3) is 0.125. The monoisotopic (exact) mass is 280 g/mol. The van der Waals surface area contributed by atoms with Crippen LogP contribution in [0, 0.1) is 11.3 Å². The van der Waals surface area contributed by atoms with Gasteiger partial charge in [0.15, 0.2) is 0 Å². The maximum Gasteiger partial charge on any atom is 0.131 e. The molecule has 3 nitrogen and oxygen atoms in total. The molecule has 1 unspecified atom stereocenters. The predicted molar refractivity (Wildman–Crippen MR) is 80.8 cm³/mol. The minimum absolute atomic E-state index is 0.0703. The van der Waals surface area contributed by atoms with Crippen molar-refractivity contribution in [1.29, 1.82) is 5.26 Å². The van der Waals surface area contributed by atoms with Crippen molar-refractivity contribution in [3.8, 4) is 6.07 Å². The molecule has 98 valence electrons. The number of furan rings is 1. The molecule has 0 aliphatic carbocycles. The molecule has 0 spiro atoms. The number of nitrogens with zero attached hydrogens (tertiary/aromatic N) is 1. The Hall–Kier alpha value is -2.38. The number of rotatable bonds is 2. The number of thiocarbonyl (C=S) groups is 1. The van der Waals surface area contributed by atoms with Crippen molar-refractivity contribution in [1.82, 2.24) is 5.32 Å². The van der Waals surface area contributed by atoms with Crippen LogP contribution in [0.1, 0.15) is 23.8 Å². The fourth-order valence-electron chi connectivity index (χ4n) is 2.40. The minimum Gasteiger partial charge on any atom is -0.465 e. The molecule has 0 radical (unpaired) electrons. The lowest BCUT2D eigenvalue weighted by Gasteiger charge is -2.27. The second kappa shape index (κ2) is 5.32. The van der Waals surface area contributed by atoms with Crippen LogP contribution in [-0.4, -0.2) is 4.99 Å². The van der Waals surface area contributed by atoms with Gasteiger partial charge in [0.1, 0.15) is 16.8 Å². The average molecular weight is 280 g/mol. The van der Waals surface area contributed by atoms with Crippen molar-refractivity contribution in [3.05, 3.63) is 65.6 Å². The van der Waals surface area contributed by atoms with Crippen LogP contribution in [0.15, 0.2) is 58.7 Å². The SMILES string of the molecule is N#CC1=C(c2ccco2)CC(c2ccccc2)NC1=S. The Kier molecular flexibility index (Phi) is 3.36. The van der Waals surface area contributed by atoms with E-state index in [4.69, 9.17) is 16.6 Å². The molecule has 1 aromatic heterocycles. The van der Waals surface area contributed by atoms with Crippen molar-refractivity contribution < 1.29 is 4.42 Å². The number of hydrogen-bond donors (Lipinski definition) is 1. The van der Waals surface area contributed by atoms with Gasteiger partial charge in [0.05, 0.1) is 17.9 Å². The molecule has 2 aromatic rings. The van der Waals surface area contributed by atoms with E-state index in [1.165, 1.54) is 0 Å². The normalized spacial score (nSPS) is 18.6. The molecule has 4 heteroatoms. The highest BCUT2D eigenvalue weighted by Gasteiger charge is 2.27. The quantitative estimate of drug-likeness (QED) is 0.854. The first-order valence-electron chi connectivity index (χ1n) is 6.32. The third-order valence-corrected chi connectivity index (χ3v) is 3.70. The van der Waals surface area contributed by atoms with Gasteiger partial charge in [-0.1, -0.05) is 42.5 Å². The Balaban J connectivity index is 2.02. The number of nitriles is 1. The lowest BCUT2D eigenvalue weighted by atomic mass is 9.90. The lowest BCUT2D eigenvalue weighted by Crippen LogP contribution is -2.32. The topological polar surface area (TPSA) is 49.0 Å². The molecule has 20 heavy (non-hydrogen) atoms. The Morgan fingerprint density at radius 2 is 2.00 bits per heavy atom. The summed E-state index contributed by atoms with van der Waals surface area (Å²) in [5, 5.41) is 12.5. The highest BCUT2D eigenvalue weighted by Crippen LogP contribution is 2.34. The van der Waals surface area contributed by atoms with Crippen molar-refractivity contribution in [2.75, 3.05) is 0 Å². The molecule has 2 heterocycles. The second-order valence-electron chi connectivity index (χ2n) is 4.58. The van der Waals surface area contributed by atoms with Crippen LogP contribution < -0.4 is 5.32 Å². The minimum atomic E-state index is 0.0703. The maximum absolute atomic E-state index is 9.31. The van der Waals surface area contributed by atoms with Crippen LogP contribution in [0.4, 0.5) is 0 Å². The molecule has 0 amide bonds. The van der Waals surface area contributed by atoms with E-state index in [0.29, 0.717) is 22.7 Å². The van der Waals surface area contributed by atoms with Gasteiger partial charge in [-0.3, -0.25) is 0 Å². The van der Waals surface area contributed by atoms with E-state index in [0.717, 1.165) is 11.1 Å². The summed E-state index contributed by atoms with van der Waals surface area (Å²) in [4.78, 5) is 0.485. The van der Waals surface area contributed by atoms with E-state index in [1.54, 1.807) is 6.26 Å². The zero-order valence-electron chi connectivity index (χ0n) is 10.7. The number of nitrogens with one attached hydrogen (secondary N) is 1. The Morgan fingerprint density at radius 3 is 2.65 bits per heavy atom. The van der Waals surface area contributed by atoms with Crippen LogP contribution in [0.3, 0.4) is 0 Å². The van der Waals surface area contributed by atoms with Gasteiger partial charge in [0.25, 0.3) is 0 Å². The summed E-state index contributed by atoms with van der Waals surface area (Å²) in [6.07, 6.45) is 2.29. The molecule has 0 fully saturated rings. The predicted octanol–water partition coefficient (Wildman–Crippen LogP) is 3.62. The van der Waals surface area contributed by atoms with Crippen LogP contribution in [0.5, 0.6) is 0 Å². The molecule has 1 aliphatic heterocycles. The van der Waals surface area contributed by atoms with E-state index in [2.05, 4.69) is 23.5 Å². The van der Waals surface area contributed by atoms with E-state index in [9.17, 15) is 5.26 Å². The van der Waals surface area contributed by atoms with Gasteiger partial charge in [0, 0.05) is 12.0 Å². The summed E-state index contributed by atoms with van der Waals surface area (Å²) in [7, 11) is 0. The molecule has 1 atom stereocenters. The molecule has 0 saturated heterocycles. The van der Waals surface area contributed by atoms with E-state index >= 15 is 0 Å². The van der Waals surface area contributed by atoms with E-state index in [1.807, 2.05) is 30.3 Å². The Bertz CT molecular complexity index is 696. The van der Waals surface area contributed by atoms with Gasteiger partial charge in [-0.15, -0.1) is 0 Å². The van der Waals surface area contributed by atoms with Crippen molar-refractivity contribution in [3.63, 3.8) is 0 Å². The average Bonchev–Trinajstić information content (AvgIpc) is 3.01. The summed E-state index contributed by atoms with van der Waals surface area (Å²) in [5.41, 5.74) is 2.52. The molecule has 1 N–H and O–H groups in total. The molecule has 1 aromatic carbocycles. The molecular weight excluding hydrogens is 268 g/mol. The molecule has 1 aliphatic rings. The smallest absolute Gasteiger partial charge is 0.131 e. The van der Waals surface area contributed by atoms with Crippen LogP contribution in [-0.2, 0) is 0 Å². The molecule has 0 saturated carbocycles. The summed E-state index contributed by atoms with van der Waals surface area (Å²) in [6, 6.07) is 16.0. The largest absolute Gasteiger partial charge is 0.465 e. The summed E-state index contributed by atoms with van der Waals surface area (Å²) in [6.45, 7) is 0. The summed E-state index contributed by atoms with van der Waals surface area (Å²) in [5.74, 6) is 0.714. The summed E-state index contributed by atoms with van der Waals surface area (Å²) >= 11 is 5.32. The second-order valence-corrected chi connectivity index (χ2v) is 4.99. The Labute approximate surface area is 122 Å². The van der Waals surface area contributed by atoms with Gasteiger partial charge in [0.2, 0.25) is 0 Å². The number of hydrogen-bond acceptors (Lipinski definition) is 3. The zero-order chi connectivity index (χ0) is 13.9. The van der Waals surface area contributed by atoms with E-state index in [-0.39, 0.29) is 6.04 Å². The molecule has 0 bridgehead atoms. The maximum atomic E-state index is 9.31. The van der Waals surface area contributed by atoms with Crippen molar-refractivity contribution in [2.45, 2.75) is 12.5 Å². The first kappa shape index (κ1) is 12.6. The van der Waals surface area contributed by atoms with Gasteiger partial charge in [-0.25, -0.2) is 0 Å².